The lowest BCUT2D eigenvalue weighted by Crippen LogP contribution is -2.39. The number of methoxy groups -OCH3 is 1. The smallest absolute Gasteiger partial charge is 0.0589 e. The van der Waals surface area contributed by atoms with E-state index < -0.39 is 0 Å². The van der Waals surface area contributed by atoms with Crippen LogP contribution < -0.4 is 5.73 Å². The van der Waals surface area contributed by atoms with Gasteiger partial charge in [0, 0.05) is 32.3 Å². The van der Waals surface area contributed by atoms with E-state index in [0.717, 1.165) is 19.7 Å². The van der Waals surface area contributed by atoms with Crippen LogP contribution in [0.1, 0.15) is 42.1 Å². The zero-order valence-electron chi connectivity index (χ0n) is 13.9. The van der Waals surface area contributed by atoms with Gasteiger partial charge in [0.05, 0.1) is 6.61 Å². The van der Waals surface area contributed by atoms with E-state index in [-0.39, 0.29) is 6.04 Å². The molecule has 1 unspecified atom stereocenters. The first-order chi connectivity index (χ1) is 9.36. The number of ether oxygens (including phenoxy) is 1. The number of aryl methyl sites for hydroxylation is 3. The third-order valence-corrected chi connectivity index (χ3v) is 3.85. The van der Waals surface area contributed by atoms with E-state index in [1.54, 1.807) is 7.11 Å². The first-order valence-electron chi connectivity index (χ1n) is 7.43. The predicted octanol–water partition coefficient (Wildman–Crippen LogP) is 2.97. The van der Waals surface area contributed by atoms with Gasteiger partial charge in [-0.15, -0.1) is 0 Å². The summed E-state index contributed by atoms with van der Waals surface area (Å²) in [6.07, 6.45) is 0. The third kappa shape index (κ3) is 4.58. The predicted molar refractivity (Wildman–Crippen MR) is 86.2 cm³/mol. The maximum Gasteiger partial charge on any atom is 0.0589 e. The molecule has 2 N–H and O–H groups in total. The average Bonchev–Trinajstić information content (AvgIpc) is 2.32. The summed E-state index contributed by atoms with van der Waals surface area (Å²) in [4.78, 5) is 2.38. The molecule has 0 aromatic heterocycles. The molecule has 0 bridgehead atoms. The number of benzene rings is 1. The van der Waals surface area contributed by atoms with Crippen LogP contribution in [0, 0.1) is 20.8 Å². The minimum atomic E-state index is 0.0508. The highest BCUT2D eigenvalue weighted by Gasteiger charge is 2.18. The lowest BCUT2D eigenvalue weighted by Gasteiger charge is -2.30. The molecule has 1 atom stereocenters. The van der Waals surface area contributed by atoms with Crippen LogP contribution in [0.2, 0.25) is 0 Å². The standard InChI is InChI=1S/C17H30N2O/c1-12(2)19(7-8-20-6)11-16(18)17-14(4)9-13(3)10-15(17)5/h9-10,12,16H,7-8,11,18H2,1-6H3. The van der Waals surface area contributed by atoms with Crippen LogP contribution >= 0.6 is 0 Å². The van der Waals surface area contributed by atoms with E-state index in [2.05, 4.69) is 51.7 Å². The van der Waals surface area contributed by atoms with Crippen molar-refractivity contribution in [2.75, 3.05) is 26.8 Å². The van der Waals surface area contributed by atoms with E-state index in [4.69, 9.17) is 10.5 Å². The summed E-state index contributed by atoms with van der Waals surface area (Å²) < 4.78 is 5.19. The van der Waals surface area contributed by atoms with Crippen molar-refractivity contribution in [2.24, 2.45) is 5.73 Å². The minimum absolute atomic E-state index is 0.0508. The fourth-order valence-electron chi connectivity index (χ4n) is 2.89. The summed E-state index contributed by atoms with van der Waals surface area (Å²) in [5.74, 6) is 0. The Morgan fingerprint density at radius 3 is 2.15 bits per heavy atom. The molecule has 0 aliphatic carbocycles. The lowest BCUT2D eigenvalue weighted by atomic mass is 9.94. The number of nitrogens with zero attached hydrogens (tertiary/aromatic N) is 1. The zero-order valence-corrected chi connectivity index (χ0v) is 13.9. The Morgan fingerprint density at radius 1 is 1.15 bits per heavy atom. The van der Waals surface area contributed by atoms with Gasteiger partial charge in [-0.3, -0.25) is 4.90 Å². The molecule has 0 amide bonds. The number of nitrogens with two attached hydrogens (primary N) is 1. The van der Waals surface area contributed by atoms with Crippen LogP contribution in [-0.2, 0) is 4.74 Å². The summed E-state index contributed by atoms with van der Waals surface area (Å²) in [6.45, 7) is 13.4. The zero-order chi connectivity index (χ0) is 15.3. The van der Waals surface area contributed by atoms with Crippen molar-refractivity contribution in [2.45, 2.75) is 46.7 Å². The molecule has 0 heterocycles. The van der Waals surface area contributed by atoms with Gasteiger partial charge in [-0.1, -0.05) is 17.7 Å². The Bertz CT molecular complexity index is 406. The van der Waals surface area contributed by atoms with Crippen LogP contribution in [0.4, 0.5) is 0 Å². The molecule has 3 nitrogen and oxygen atoms in total. The summed E-state index contributed by atoms with van der Waals surface area (Å²) in [5.41, 5.74) is 11.7. The summed E-state index contributed by atoms with van der Waals surface area (Å²) >= 11 is 0. The van der Waals surface area contributed by atoms with Crippen molar-refractivity contribution < 1.29 is 4.74 Å². The second-order valence-corrected chi connectivity index (χ2v) is 6.00. The van der Waals surface area contributed by atoms with Gasteiger partial charge >= 0.3 is 0 Å². The fourth-order valence-corrected chi connectivity index (χ4v) is 2.89. The van der Waals surface area contributed by atoms with E-state index in [0.29, 0.717) is 6.04 Å². The SMILES string of the molecule is COCCN(CC(N)c1c(C)cc(C)cc1C)C(C)C. The highest BCUT2D eigenvalue weighted by Crippen LogP contribution is 2.23. The monoisotopic (exact) mass is 278 g/mol. The fraction of sp³-hybridized carbons (Fsp3) is 0.647. The normalized spacial score (nSPS) is 13.2. The van der Waals surface area contributed by atoms with Gasteiger partial charge in [0.2, 0.25) is 0 Å². The number of hydrogen-bond donors (Lipinski definition) is 1. The largest absolute Gasteiger partial charge is 0.383 e. The van der Waals surface area contributed by atoms with E-state index in [9.17, 15) is 0 Å². The molecule has 114 valence electrons. The molecule has 0 radical (unpaired) electrons. The molecule has 0 aliphatic heterocycles. The van der Waals surface area contributed by atoms with Crippen LogP contribution in [0.3, 0.4) is 0 Å². The Labute approximate surface area is 124 Å². The van der Waals surface area contributed by atoms with Crippen LogP contribution in [0.25, 0.3) is 0 Å². The van der Waals surface area contributed by atoms with Gasteiger partial charge in [0.25, 0.3) is 0 Å². The van der Waals surface area contributed by atoms with Crippen LogP contribution in [0.5, 0.6) is 0 Å². The van der Waals surface area contributed by atoms with Crippen molar-refractivity contribution in [1.29, 1.82) is 0 Å². The maximum atomic E-state index is 6.47. The van der Waals surface area contributed by atoms with Crippen molar-refractivity contribution >= 4 is 0 Å². The molecule has 1 aromatic carbocycles. The molecule has 0 saturated carbocycles. The van der Waals surface area contributed by atoms with Gasteiger partial charge in [0.1, 0.15) is 0 Å². The topological polar surface area (TPSA) is 38.5 Å². The molecular formula is C17H30N2O. The van der Waals surface area contributed by atoms with E-state index >= 15 is 0 Å². The molecule has 0 fully saturated rings. The summed E-state index contributed by atoms with van der Waals surface area (Å²) in [5, 5.41) is 0. The first-order valence-corrected chi connectivity index (χ1v) is 7.43. The van der Waals surface area contributed by atoms with Crippen molar-refractivity contribution in [3.63, 3.8) is 0 Å². The van der Waals surface area contributed by atoms with Crippen LogP contribution in [0.15, 0.2) is 12.1 Å². The maximum absolute atomic E-state index is 6.47. The third-order valence-electron chi connectivity index (χ3n) is 3.85. The second-order valence-electron chi connectivity index (χ2n) is 6.00. The van der Waals surface area contributed by atoms with E-state index in [1.165, 1.54) is 22.3 Å². The summed E-state index contributed by atoms with van der Waals surface area (Å²) in [6, 6.07) is 4.96. The molecule has 3 heteroatoms. The molecule has 0 saturated heterocycles. The Kier molecular flexibility index (Phi) is 6.66. The Balaban J connectivity index is 2.86. The van der Waals surface area contributed by atoms with Crippen molar-refractivity contribution in [1.82, 2.24) is 4.90 Å². The van der Waals surface area contributed by atoms with Crippen molar-refractivity contribution in [3.05, 3.63) is 34.4 Å². The highest BCUT2D eigenvalue weighted by molar-refractivity contribution is 5.39. The Morgan fingerprint density at radius 2 is 1.70 bits per heavy atom. The van der Waals surface area contributed by atoms with Gasteiger partial charge in [-0.2, -0.15) is 0 Å². The van der Waals surface area contributed by atoms with Gasteiger partial charge in [-0.05, 0) is 51.3 Å². The first kappa shape index (κ1) is 17.2. The Hall–Kier alpha value is -0.900. The average molecular weight is 278 g/mol. The van der Waals surface area contributed by atoms with Crippen molar-refractivity contribution in [3.8, 4) is 0 Å². The second kappa shape index (κ2) is 7.77. The van der Waals surface area contributed by atoms with Crippen LogP contribution in [-0.4, -0.2) is 37.7 Å². The highest BCUT2D eigenvalue weighted by atomic mass is 16.5. The number of hydrogen-bond acceptors (Lipinski definition) is 3. The van der Waals surface area contributed by atoms with Gasteiger partial charge in [0.15, 0.2) is 0 Å². The minimum Gasteiger partial charge on any atom is -0.383 e. The van der Waals surface area contributed by atoms with Gasteiger partial charge in [-0.25, -0.2) is 0 Å². The molecular weight excluding hydrogens is 248 g/mol. The quantitative estimate of drug-likeness (QED) is 0.833. The molecule has 0 aliphatic rings. The molecule has 1 rings (SSSR count). The molecule has 0 spiro atoms. The lowest BCUT2D eigenvalue weighted by molar-refractivity contribution is 0.125. The van der Waals surface area contributed by atoms with Gasteiger partial charge < -0.3 is 10.5 Å². The molecule has 20 heavy (non-hydrogen) atoms. The number of rotatable bonds is 7. The molecule has 1 aromatic rings. The van der Waals surface area contributed by atoms with E-state index in [1.807, 2.05) is 0 Å². The summed E-state index contributed by atoms with van der Waals surface area (Å²) in [7, 11) is 1.74.